The molecule has 0 aliphatic heterocycles. The Morgan fingerprint density at radius 3 is 2.40 bits per heavy atom. The molecule has 8 nitrogen and oxygen atoms in total. The molecule has 1 atom stereocenters. The number of aliphatic carboxylic acids is 1. The Bertz CT molecular complexity index is 778. The van der Waals surface area contributed by atoms with Gasteiger partial charge in [-0.3, -0.25) is 4.79 Å². The standard InChI is InChI=1S/C17H21N3O5/c1-10(2)11-4-6-12(7-5-11)20-8-13(21)14(19-20)15(22)18-9-17(3,25)16(23)24/h4-8,10,21,25H,9H2,1-3H3,(H,18,22)(H,23,24). The van der Waals surface area contributed by atoms with Crippen LogP contribution in [0.2, 0.25) is 0 Å². The molecule has 0 saturated carbocycles. The van der Waals surface area contributed by atoms with Crippen molar-refractivity contribution in [3.8, 4) is 11.4 Å². The van der Waals surface area contributed by atoms with Crippen LogP contribution in [-0.4, -0.2) is 49.1 Å². The van der Waals surface area contributed by atoms with Gasteiger partial charge in [-0.2, -0.15) is 5.10 Å². The minimum absolute atomic E-state index is 0.255. The lowest BCUT2D eigenvalue weighted by molar-refractivity contribution is -0.155. The van der Waals surface area contributed by atoms with Gasteiger partial charge in [0, 0.05) is 0 Å². The first-order valence-corrected chi connectivity index (χ1v) is 7.75. The summed E-state index contributed by atoms with van der Waals surface area (Å²) >= 11 is 0. The van der Waals surface area contributed by atoms with Crippen molar-refractivity contribution in [2.75, 3.05) is 6.54 Å². The number of amides is 1. The first-order chi connectivity index (χ1) is 11.6. The van der Waals surface area contributed by atoms with E-state index >= 15 is 0 Å². The van der Waals surface area contributed by atoms with E-state index in [-0.39, 0.29) is 11.4 Å². The van der Waals surface area contributed by atoms with Gasteiger partial charge >= 0.3 is 5.97 Å². The number of carbonyl (C=O) groups is 2. The van der Waals surface area contributed by atoms with Crippen molar-refractivity contribution in [1.29, 1.82) is 0 Å². The fourth-order valence-electron chi connectivity index (χ4n) is 2.08. The van der Waals surface area contributed by atoms with Crippen LogP contribution in [0.15, 0.2) is 30.5 Å². The summed E-state index contributed by atoms with van der Waals surface area (Å²) in [7, 11) is 0. The lowest BCUT2D eigenvalue weighted by Crippen LogP contribution is -2.46. The van der Waals surface area contributed by atoms with Gasteiger partial charge in [0.1, 0.15) is 0 Å². The van der Waals surface area contributed by atoms with Gasteiger partial charge in [0.25, 0.3) is 5.91 Å². The Kier molecular flexibility index (Phi) is 5.13. The van der Waals surface area contributed by atoms with Gasteiger partial charge in [-0.1, -0.05) is 26.0 Å². The van der Waals surface area contributed by atoms with E-state index in [9.17, 15) is 19.8 Å². The van der Waals surface area contributed by atoms with Crippen molar-refractivity contribution in [2.24, 2.45) is 0 Å². The van der Waals surface area contributed by atoms with Crippen LogP contribution in [0.5, 0.6) is 5.75 Å². The predicted octanol–water partition coefficient (Wildman–Crippen LogP) is 1.27. The van der Waals surface area contributed by atoms with Crippen molar-refractivity contribution in [3.63, 3.8) is 0 Å². The van der Waals surface area contributed by atoms with Crippen LogP contribution in [-0.2, 0) is 4.79 Å². The lowest BCUT2D eigenvalue weighted by Gasteiger charge is -2.17. The Labute approximate surface area is 144 Å². The molecular weight excluding hydrogens is 326 g/mol. The lowest BCUT2D eigenvalue weighted by atomic mass is 10.0. The predicted molar refractivity (Wildman–Crippen MR) is 89.9 cm³/mol. The number of benzene rings is 1. The molecule has 134 valence electrons. The van der Waals surface area contributed by atoms with Gasteiger partial charge in [0.2, 0.25) is 0 Å². The Morgan fingerprint density at radius 1 is 1.28 bits per heavy atom. The maximum absolute atomic E-state index is 12.1. The molecule has 0 bridgehead atoms. The number of nitrogens with zero attached hydrogens (tertiary/aromatic N) is 2. The molecule has 1 unspecified atom stereocenters. The SMILES string of the molecule is CC(C)c1ccc(-n2cc(O)c(C(=O)NCC(C)(O)C(=O)O)n2)cc1. The van der Waals surface area contributed by atoms with Crippen molar-refractivity contribution in [3.05, 3.63) is 41.7 Å². The molecule has 4 N–H and O–H groups in total. The molecule has 1 heterocycles. The van der Waals surface area contributed by atoms with Gasteiger partial charge in [-0.05, 0) is 30.5 Å². The molecule has 0 radical (unpaired) electrons. The average molecular weight is 347 g/mol. The summed E-state index contributed by atoms with van der Waals surface area (Å²) in [5.74, 6) is -2.21. The highest BCUT2D eigenvalue weighted by Gasteiger charge is 2.31. The molecule has 2 aromatic rings. The van der Waals surface area contributed by atoms with Crippen molar-refractivity contribution in [2.45, 2.75) is 32.3 Å². The fourth-order valence-corrected chi connectivity index (χ4v) is 2.08. The Hall–Kier alpha value is -2.87. The number of aromatic hydroxyl groups is 1. The summed E-state index contributed by atoms with van der Waals surface area (Å²) in [6.45, 7) is 4.69. The molecule has 0 aliphatic rings. The number of aliphatic hydroxyl groups is 1. The largest absolute Gasteiger partial charge is 0.504 e. The molecule has 1 amide bonds. The van der Waals surface area contributed by atoms with E-state index in [0.29, 0.717) is 11.6 Å². The maximum atomic E-state index is 12.1. The topological polar surface area (TPSA) is 125 Å². The van der Waals surface area contributed by atoms with Gasteiger partial charge < -0.3 is 20.6 Å². The average Bonchev–Trinajstić information content (AvgIpc) is 2.94. The molecule has 0 fully saturated rings. The Balaban J connectivity index is 2.16. The second kappa shape index (κ2) is 6.94. The third-order valence-corrected chi connectivity index (χ3v) is 3.79. The van der Waals surface area contributed by atoms with E-state index in [1.165, 1.54) is 10.9 Å². The zero-order valence-electron chi connectivity index (χ0n) is 14.2. The second-order valence-electron chi connectivity index (χ2n) is 6.32. The van der Waals surface area contributed by atoms with Crippen LogP contribution in [0.25, 0.3) is 5.69 Å². The summed E-state index contributed by atoms with van der Waals surface area (Å²) in [4.78, 5) is 22.9. The maximum Gasteiger partial charge on any atom is 0.337 e. The number of carboxylic acids is 1. The van der Waals surface area contributed by atoms with Crippen LogP contribution in [0.4, 0.5) is 0 Å². The molecule has 1 aromatic carbocycles. The van der Waals surface area contributed by atoms with Crippen molar-refractivity contribution in [1.82, 2.24) is 15.1 Å². The molecule has 0 aliphatic carbocycles. The third kappa shape index (κ3) is 4.16. The summed E-state index contributed by atoms with van der Waals surface area (Å²) in [5.41, 5.74) is -0.556. The third-order valence-electron chi connectivity index (χ3n) is 3.79. The number of nitrogens with one attached hydrogen (secondary N) is 1. The van der Waals surface area contributed by atoms with E-state index in [0.717, 1.165) is 12.5 Å². The Morgan fingerprint density at radius 2 is 1.88 bits per heavy atom. The van der Waals surface area contributed by atoms with Crippen LogP contribution >= 0.6 is 0 Å². The minimum atomic E-state index is -2.11. The van der Waals surface area contributed by atoms with Crippen LogP contribution in [0.3, 0.4) is 0 Å². The monoisotopic (exact) mass is 347 g/mol. The highest BCUT2D eigenvalue weighted by atomic mass is 16.4. The number of carboxylic acid groups (broad SMARTS) is 1. The summed E-state index contributed by atoms with van der Waals surface area (Å²) in [6, 6.07) is 7.50. The number of hydrogen-bond donors (Lipinski definition) is 4. The van der Waals surface area contributed by atoms with E-state index in [2.05, 4.69) is 24.3 Å². The number of rotatable bonds is 6. The molecule has 25 heavy (non-hydrogen) atoms. The quantitative estimate of drug-likeness (QED) is 0.624. The zero-order valence-corrected chi connectivity index (χ0v) is 14.2. The molecular formula is C17H21N3O5. The first-order valence-electron chi connectivity index (χ1n) is 7.75. The minimum Gasteiger partial charge on any atom is -0.504 e. The highest BCUT2D eigenvalue weighted by molar-refractivity contribution is 5.95. The van der Waals surface area contributed by atoms with Crippen LogP contribution in [0, 0.1) is 0 Å². The zero-order chi connectivity index (χ0) is 18.8. The van der Waals surface area contributed by atoms with Crippen LogP contribution < -0.4 is 5.32 Å². The normalized spacial score (nSPS) is 13.5. The van der Waals surface area contributed by atoms with E-state index < -0.39 is 24.0 Å². The van der Waals surface area contributed by atoms with Gasteiger partial charge in [-0.25, -0.2) is 9.48 Å². The van der Waals surface area contributed by atoms with Gasteiger partial charge in [0.05, 0.1) is 18.4 Å². The molecule has 8 heteroatoms. The van der Waals surface area contributed by atoms with E-state index in [1.54, 1.807) is 0 Å². The second-order valence-corrected chi connectivity index (χ2v) is 6.32. The molecule has 1 aromatic heterocycles. The van der Waals surface area contributed by atoms with Crippen molar-refractivity contribution >= 4 is 11.9 Å². The summed E-state index contributed by atoms with van der Waals surface area (Å²) in [6.07, 6.45) is 1.29. The summed E-state index contributed by atoms with van der Waals surface area (Å²) in [5, 5.41) is 34.6. The molecule has 2 rings (SSSR count). The number of aromatic nitrogens is 2. The highest BCUT2D eigenvalue weighted by Crippen LogP contribution is 2.20. The number of carbonyl (C=O) groups excluding carboxylic acids is 1. The first kappa shape index (κ1) is 18.5. The van der Waals surface area contributed by atoms with Gasteiger partial charge in [0.15, 0.2) is 17.0 Å². The van der Waals surface area contributed by atoms with Crippen molar-refractivity contribution < 1.29 is 24.9 Å². The van der Waals surface area contributed by atoms with E-state index in [1.807, 2.05) is 24.3 Å². The smallest absolute Gasteiger partial charge is 0.337 e. The van der Waals surface area contributed by atoms with E-state index in [4.69, 9.17) is 5.11 Å². The van der Waals surface area contributed by atoms with Gasteiger partial charge in [-0.15, -0.1) is 0 Å². The number of hydrogen-bond acceptors (Lipinski definition) is 5. The summed E-state index contributed by atoms with van der Waals surface area (Å²) < 4.78 is 1.35. The van der Waals surface area contributed by atoms with Crippen LogP contribution in [0.1, 0.15) is 42.7 Å². The molecule has 0 saturated heterocycles. The fraction of sp³-hybridized carbons (Fsp3) is 0.353. The molecule has 0 spiro atoms.